The van der Waals surface area contributed by atoms with Crippen molar-refractivity contribution in [3.8, 4) is 0 Å². The largest absolute Gasteiger partial charge is 0.345 e. The van der Waals surface area contributed by atoms with Crippen molar-refractivity contribution in [2.24, 2.45) is 5.41 Å². The first-order valence-electron chi connectivity index (χ1n) is 6.18. The van der Waals surface area contributed by atoms with Crippen LogP contribution in [-0.4, -0.2) is 33.0 Å². The molecule has 0 fully saturated rings. The molecule has 7 nitrogen and oxygen atoms in total. The lowest BCUT2D eigenvalue weighted by atomic mass is 9.95. The molecule has 0 spiro atoms. The SMILES string of the molecule is CC(NC(=O)C(C)(C)C)C(=O)NC(C)c1ncn[nH]1. The van der Waals surface area contributed by atoms with Crippen molar-refractivity contribution in [2.45, 2.75) is 46.7 Å². The van der Waals surface area contributed by atoms with Crippen LogP contribution in [0, 0.1) is 5.41 Å². The Morgan fingerprint density at radius 1 is 1.26 bits per heavy atom. The standard InChI is InChI=1S/C12H21N5O2/c1-7(9-13-6-14-17-9)15-10(18)8(2)16-11(19)12(3,4)5/h6-8H,1-5H3,(H,15,18)(H,16,19)(H,13,14,17). The van der Waals surface area contributed by atoms with Gasteiger partial charge in [-0.1, -0.05) is 20.8 Å². The number of aromatic amines is 1. The average Bonchev–Trinajstić information content (AvgIpc) is 2.80. The third kappa shape index (κ3) is 4.35. The Balaban J connectivity index is 2.52. The summed E-state index contributed by atoms with van der Waals surface area (Å²) < 4.78 is 0. The molecule has 0 saturated carbocycles. The normalized spacial score (nSPS) is 14.6. The predicted octanol–water partition coefficient (Wildman–Crippen LogP) is 0.533. The zero-order valence-corrected chi connectivity index (χ0v) is 11.9. The van der Waals surface area contributed by atoms with Gasteiger partial charge in [0.25, 0.3) is 0 Å². The Bertz CT molecular complexity index is 435. The van der Waals surface area contributed by atoms with Gasteiger partial charge in [-0.15, -0.1) is 0 Å². The van der Waals surface area contributed by atoms with Crippen molar-refractivity contribution in [3.63, 3.8) is 0 Å². The van der Waals surface area contributed by atoms with Crippen LogP contribution in [0.1, 0.15) is 46.5 Å². The van der Waals surface area contributed by atoms with E-state index in [4.69, 9.17) is 0 Å². The molecule has 1 aromatic heterocycles. The molecule has 3 N–H and O–H groups in total. The van der Waals surface area contributed by atoms with Gasteiger partial charge in [0.2, 0.25) is 11.8 Å². The molecule has 0 aliphatic carbocycles. The van der Waals surface area contributed by atoms with Crippen LogP contribution >= 0.6 is 0 Å². The van der Waals surface area contributed by atoms with Gasteiger partial charge in [-0.3, -0.25) is 14.7 Å². The fourth-order valence-corrected chi connectivity index (χ4v) is 1.31. The van der Waals surface area contributed by atoms with Crippen molar-refractivity contribution in [2.75, 3.05) is 0 Å². The van der Waals surface area contributed by atoms with Crippen LogP contribution in [0.15, 0.2) is 6.33 Å². The maximum Gasteiger partial charge on any atom is 0.242 e. The van der Waals surface area contributed by atoms with Crippen LogP contribution < -0.4 is 10.6 Å². The lowest BCUT2D eigenvalue weighted by Crippen LogP contribution is -2.48. The molecule has 0 aromatic carbocycles. The first-order chi connectivity index (χ1) is 8.71. The fraction of sp³-hybridized carbons (Fsp3) is 0.667. The van der Waals surface area contributed by atoms with Crippen LogP contribution in [0.5, 0.6) is 0 Å². The topological polar surface area (TPSA) is 99.8 Å². The van der Waals surface area contributed by atoms with E-state index in [-0.39, 0.29) is 17.9 Å². The van der Waals surface area contributed by atoms with Gasteiger partial charge in [-0.25, -0.2) is 4.98 Å². The summed E-state index contributed by atoms with van der Waals surface area (Å²) in [6, 6.07) is -0.888. The summed E-state index contributed by atoms with van der Waals surface area (Å²) in [5.41, 5.74) is -0.523. The monoisotopic (exact) mass is 267 g/mol. The average molecular weight is 267 g/mol. The van der Waals surface area contributed by atoms with Crippen LogP contribution in [-0.2, 0) is 9.59 Å². The molecular weight excluding hydrogens is 246 g/mol. The summed E-state index contributed by atoms with van der Waals surface area (Å²) in [4.78, 5) is 27.7. The minimum atomic E-state index is -0.600. The van der Waals surface area contributed by atoms with Gasteiger partial charge < -0.3 is 10.6 Å². The number of rotatable bonds is 4. The summed E-state index contributed by atoms with van der Waals surface area (Å²) in [6.07, 6.45) is 1.38. The van der Waals surface area contributed by atoms with E-state index in [1.54, 1.807) is 34.6 Å². The molecular formula is C12H21N5O2. The van der Waals surface area contributed by atoms with Gasteiger partial charge in [-0.2, -0.15) is 5.10 Å². The Labute approximate surface area is 112 Å². The van der Waals surface area contributed by atoms with Crippen molar-refractivity contribution in [3.05, 3.63) is 12.2 Å². The third-order valence-corrected chi connectivity index (χ3v) is 2.62. The summed E-state index contributed by atoms with van der Waals surface area (Å²) in [7, 11) is 0. The molecule has 0 aliphatic heterocycles. The molecule has 1 aromatic rings. The second-order valence-corrected chi connectivity index (χ2v) is 5.55. The molecule has 106 valence electrons. The first kappa shape index (κ1) is 15.1. The highest BCUT2D eigenvalue weighted by molar-refractivity contribution is 5.89. The molecule has 19 heavy (non-hydrogen) atoms. The number of H-pyrrole nitrogens is 1. The molecule has 7 heteroatoms. The van der Waals surface area contributed by atoms with E-state index in [1.807, 2.05) is 0 Å². The minimum Gasteiger partial charge on any atom is -0.345 e. The molecule has 2 atom stereocenters. The van der Waals surface area contributed by atoms with Gasteiger partial charge >= 0.3 is 0 Å². The summed E-state index contributed by atoms with van der Waals surface area (Å²) in [5.74, 6) is 0.145. The Kier molecular flexibility index (Phi) is 4.63. The van der Waals surface area contributed by atoms with Gasteiger partial charge in [0.05, 0.1) is 6.04 Å². The van der Waals surface area contributed by atoms with Crippen LogP contribution in [0.2, 0.25) is 0 Å². The van der Waals surface area contributed by atoms with E-state index < -0.39 is 11.5 Å². The van der Waals surface area contributed by atoms with Gasteiger partial charge in [0.15, 0.2) is 0 Å². The second-order valence-electron chi connectivity index (χ2n) is 5.55. The highest BCUT2D eigenvalue weighted by atomic mass is 16.2. The molecule has 0 radical (unpaired) electrons. The van der Waals surface area contributed by atoms with Gasteiger partial charge in [-0.05, 0) is 13.8 Å². The zero-order valence-electron chi connectivity index (χ0n) is 11.9. The number of hydrogen-bond acceptors (Lipinski definition) is 4. The van der Waals surface area contributed by atoms with E-state index in [0.717, 1.165) is 0 Å². The van der Waals surface area contributed by atoms with E-state index in [2.05, 4.69) is 25.8 Å². The second kappa shape index (κ2) is 5.81. The summed E-state index contributed by atoms with van der Waals surface area (Å²) in [6.45, 7) is 8.82. The van der Waals surface area contributed by atoms with E-state index in [0.29, 0.717) is 5.82 Å². The number of amides is 2. The molecule has 1 heterocycles. The van der Waals surface area contributed by atoms with Crippen molar-refractivity contribution >= 4 is 11.8 Å². The van der Waals surface area contributed by atoms with Crippen molar-refractivity contribution in [1.82, 2.24) is 25.8 Å². The molecule has 0 aliphatic rings. The first-order valence-corrected chi connectivity index (χ1v) is 6.18. The van der Waals surface area contributed by atoms with Crippen molar-refractivity contribution < 1.29 is 9.59 Å². The smallest absolute Gasteiger partial charge is 0.242 e. The lowest BCUT2D eigenvalue weighted by Gasteiger charge is -2.22. The number of nitrogens with zero attached hydrogens (tertiary/aromatic N) is 2. The van der Waals surface area contributed by atoms with Gasteiger partial charge in [0.1, 0.15) is 18.2 Å². The summed E-state index contributed by atoms with van der Waals surface area (Å²) in [5, 5.41) is 11.8. The van der Waals surface area contributed by atoms with E-state index >= 15 is 0 Å². The van der Waals surface area contributed by atoms with Crippen molar-refractivity contribution in [1.29, 1.82) is 0 Å². The third-order valence-electron chi connectivity index (χ3n) is 2.62. The molecule has 0 saturated heterocycles. The van der Waals surface area contributed by atoms with E-state index in [1.165, 1.54) is 6.33 Å². The molecule has 1 rings (SSSR count). The Morgan fingerprint density at radius 2 is 1.89 bits per heavy atom. The van der Waals surface area contributed by atoms with E-state index in [9.17, 15) is 9.59 Å². The van der Waals surface area contributed by atoms with Crippen LogP contribution in [0.3, 0.4) is 0 Å². The zero-order chi connectivity index (χ0) is 14.6. The van der Waals surface area contributed by atoms with Crippen LogP contribution in [0.4, 0.5) is 0 Å². The fourth-order valence-electron chi connectivity index (χ4n) is 1.31. The highest BCUT2D eigenvalue weighted by Gasteiger charge is 2.25. The number of carbonyl (C=O) groups excluding carboxylic acids is 2. The number of aromatic nitrogens is 3. The predicted molar refractivity (Wildman–Crippen MR) is 70.0 cm³/mol. The molecule has 2 unspecified atom stereocenters. The molecule has 0 bridgehead atoms. The number of hydrogen-bond donors (Lipinski definition) is 3. The van der Waals surface area contributed by atoms with Crippen LogP contribution in [0.25, 0.3) is 0 Å². The number of nitrogens with one attached hydrogen (secondary N) is 3. The molecule has 2 amide bonds. The quantitative estimate of drug-likeness (QED) is 0.741. The number of carbonyl (C=O) groups is 2. The lowest BCUT2D eigenvalue weighted by molar-refractivity contribution is -0.133. The van der Waals surface area contributed by atoms with Gasteiger partial charge in [0, 0.05) is 5.41 Å². The summed E-state index contributed by atoms with van der Waals surface area (Å²) >= 11 is 0. The highest BCUT2D eigenvalue weighted by Crippen LogP contribution is 2.13. The maximum atomic E-state index is 11.9. The minimum absolute atomic E-state index is 0.164. The Morgan fingerprint density at radius 3 is 2.37 bits per heavy atom. The maximum absolute atomic E-state index is 11.9. The Hall–Kier alpha value is -1.92.